The largest absolute Gasteiger partial charge is 0.550 e. The van der Waals surface area contributed by atoms with Gasteiger partial charge in [0, 0.05) is 18.0 Å². The highest BCUT2D eigenvalue weighted by molar-refractivity contribution is 7.76. The number of esters is 1. The maximum atomic E-state index is 12.2. The molecule has 0 spiro atoms. The Balaban J connectivity index is 0. The van der Waals surface area contributed by atoms with Crippen LogP contribution in [0.15, 0.2) is 12.2 Å². The first-order chi connectivity index (χ1) is 16.7. The van der Waals surface area contributed by atoms with Crippen molar-refractivity contribution in [3.8, 4) is 0 Å². The molecule has 1 atom stereocenters. The Labute approximate surface area is 219 Å². The van der Waals surface area contributed by atoms with Gasteiger partial charge in [0.25, 0.3) is 0 Å². The van der Waals surface area contributed by atoms with Gasteiger partial charge in [-0.2, -0.15) is 0 Å². The monoisotopic (exact) mass is 514 g/mol. The number of carboxylic acid groups (broad SMARTS) is 1. The molecule has 0 fully saturated rings. The van der Waals surface area contributed by atoms with Crippen LogP contribution in [-0.4, -0.2) is 36.3 Å². The Morgan fingerprint density at radius 3 is 1.29 bits per heavy atom. The second-order valence-electron chi connectivity index (χ2n) is 10.0. The van der Waals surface area contributed by atoms with Gasteiger partial charge in [-0.3, -0.25) is 0 Å². The van der Waals surface area contributed by atoms with Crippen LogP contribution in [0.2, 0.25) is 0 Å². The van der Waals surface area contributed by atoms with E-state index in [9.17, 15) is 4.79 Å². The zero-order chi connectivity index (χ0) is 27.0. The van der Waals surface area contributed by atoms with Gasteiger partial charge in [0.15, 0.2) is 0 Å². The maximum absolute atomic E-state index is 12.2. The summed E-state index contributed by atoms with van der Waals surface area (Å²) in [5, 5.41) is 8.89. The first-order valence-corrected chi connectivity index (χ1v) is 17.0. The molecular formula is C30H59O4P. The molecule has 0 bridgehead atoms. The lowest BCUT2D eigenvalue weighted by Gasteiger charge is -2.32. The summed E-state index contributed by atoms with van der Waals surface area (Å²) >= 11 is 0. The Morgan fingerprint density at radius 1 is 0.686 bits per heavy atom. The van der Waals surface area contributed by atoms with E-state index in [-0.39, 0.29) is 11.8 Å². The van der Waals surface area contributed by atoms with Crippen LogP contribution in [0, 0.1) is 0 Å². The summed E-state index contributed by atoms with van der Waals surface area (Å²) < 4.78 is 5.98. The molecule has 0 aliphatic carbocycles. The van der Waals surface area contributed by atoms with Crippen molar-refractivity contribution in [2.45, 2.75) is 150 Å². The van der Waals surface area contributed by atoms with Crippen LogP contribution >= 0.6 is 7.26 Å². The molecule has 0 amide bonds. The van der Waals surface area contributed by atoms with E-state index in [0.29, 0.717) is 5.57 Å². The molecular weight excluding hydrogens is 455 g/mol. The van der Waals surface area contributed by atoms with Crippen LogP contribution in [0.25, 0.3) is 0 Å². The summed E-state index contributed by atoms with van der Waals surface area (Å²) in [5.41, 5.74) is 0.530. The molecule has 0 radical (unpaired) electrons. The number of rotatable bonds is 22. The van der Waals surface area contributed by atoms with Crippen molar-refractivity contribution in [2.75, 3.05) is 18.5 Å². The summed E-state index contributed by atoms with van der Waals surface area (Å²) in [6.07, 6.45) is 25.3. The summed E-state index contributed by atoms with van der Waals surface area (Å²) in [4.78, 5) is 21.1. The van der Waals surface area contributed by atoms with Crippen molar-refractivity contribution in [2.24, 2.45) is 0 Å². The molecule has 35 heavy (non-hydrogen) atoms. The van der Waals surface area contributed by atoms with Crippen molar-refractivity contribution in [3.05, 3.63) is 12.2 Å². The third-order valence-electron chi connectivity index (χ3n) is 7.15. The molecule has 0 aliphatic rings. The fourth-order valence-corrected chi connectivity index (χ4v) is 8.25. The number of unbranched alkanes of at least 4 members (excludes halogenated alkanes) is 14. The SMILES string of the molecule is C=C(C)C(=O)OC(CCCCCCCCCCCCCCCCC)[P+](CC)(CC)CC.CC(=O)[O-]. The second kappa shape index (κ2) is 24.8. The quantitative estimate of drug-likeness (QED) is 0.0628. The lowest BCUT2D eigenvalue weighted by molar-refractivity contribution is -0.302. The number of ether oxygens (including phenoxy) is 1. The minimum Gasteiger partial charge on any atom is -0.550 e. The number of carboxylic acids is 1. The average molecular weight is 515 g/mol. The predicted molar refractivity (Wildman–Crippen MR) is 153 cm³/mol. The van der Waals surface area contributed by atoms with E-state index in [1.54, 1.807) is 6.92 Å². The van der Waals surface area contributed by atoms with E-state index in [4.69, 9.17) is 14.6 Å². The molecule has 0 aromatic heterocycles. The zero-order valence-electron chi connectivity index (χ0n) is 24.3. The molecule has 0 aliphatic heterocycles. The number of hydrogen-bond donors (Lipinski definition) is 0. The first-order valence-electron chi connectivity index (χ1n) is 14.6. The zero-order valence-corrected chi connectivity index (χ0v) is 25.2. The van der Waals surface area contributed by atoms with Crippen LogP contribution < -0.4 is 5.11 Å². The Morgan fingerprint density at radius 2 is 1.00 bits per heavy atom. The fourth-order valence-electron chi connectivity index (χ4n) is 4.64. The van der Waals surface area contributed by atoms with Crippen LogP contribution in [0.3, 0.4) is 0 Å². The van der Waals surface area contributed by atoms with Gasteiger partial charge in [-0.1, -0.05) is 103 Å². The van der Waals surface area contributed by atoms with Crippen molar-refractivity contribution in [3.63, 3.8) is 0 Å². The predicted octanol–water partition coefficient (Wildman–Crippen LogP) is 8.53. The van der Waals surface area contributed by atoms with Gasteiger partial charge in [0.2, 0.25) is 5.85 Å². The molecule has 0 rings (SSSR count). The standard InChI is InChI=1S/C28H56O2P.C2H4O2/c1-7-11-12-13-14-15-16-17-18-19-20-21-22-23-24-25-27(30-28(29)26(5)6)31(8-2,9-3)10-4;1-2(3)4/h27H,5,7-25H2,1-4,6H3;1H3,(H,3,4)/q+1;/p-1. The summed E-state index contributed by atoms with van der Waals surface area (Å²) in [7, 11) is -1.21. The number of hydrogen-bond acceptors (Lipinski definition) is 4. The van der Waals surface area contributed by atoms with E-state index in [0.717, 1.165) is 13.3 Å². The number of carbonyl (C=O) groups excluding carboxylic acids is 2. The molecule has 0 N–H and O–H groups in total. The van der Waals surface area contributed by atoms with Crippen LogP contribution in [-0.2, 0) is 14.3 Å². The highest BCUT2D eigenvalue weighted by Crippen LogP contribution is 2.63. The molecule has 0 saturated carbocycles. The van der Waals surface area contributed by atoms with E-state index < -0.39 is 13.2 Å². The van der Waals surface area contributed by atoms with E-state index in [1.807, 2.05) is 0 Å². The van der Waals surface area contributed by atoms with Gasteiger partial charge in [0.05, 0.1) is 25.7 Å². The van der Waals surface area contributed by atoms with Crippen LogP contribution in [0.4, 0.5) is 0 Å². The molecule has 0 aromatic carbocycles. The minimum atomic E-state index is -1.21. The smallest absolute Gasteiger partial charge is 0.336 e. The van der Waals surface area contributed by atoms with Crippen molar-refractivity contribution >= 4 is 19.2 Å². The summed E-state index contributed by atoms with van der Waals surface area (Å²) in [5.74, 6) is -1.13. The lowest BCUT2D eigenvalue weighted by Crippen LogP contribution is -2.26. The van der Waals surface area contributed by atoms with E-state index >= 15 is 0 Å². The maximum Gasteiger partial charge on any atom is 0.336 e. The topological polar surface area (TPSA) is 66.4 Å². The van der Waals surface area contributed by atoms with Crippen LogP contribution in [0.5, 0.6) is 0 Å². The van der Waals surface area contributed by atoms with Gasteiger partial charge < -0.3 is 14.6 Å². The average Bonchev–Trinajstić information content (AvgIpc) is 2.82. The normalized spacial score (nSPS) is 11.9. The van der Waals surface area contributed by atoms with Gasteiger partial charge in [-0.25, -0.2) is 4.79 Å². The molecule has 1 unspecified atom stereocenters. The van der Waals surface area contributed by atoms with Gasteiger partial charge in [-0.15, -0.1) is 0 Å². The molecule has 208 valence electrons. The van der Waals surface area contributed by atoms with E-state index in [1.165, 1.54) is 115 Å². The fraction of sp³-hybridized carbons (Fsp3) is 0.867. The van der Waals surface area contributed by atoms with Crippen LogP contribution in [0.1, 0.15) is 144 Å². The van der Waals surface area contributed by atoms with Gasteiger partial charge in [0.1, 0.15) is 0 Å². The second-order valence-corrected chi connectivity index (χ2v) is 14.9. The van der Waals surface area contributed by atoms with Crippen molar-refractivity contribution in [1.82, 2.24) is 0 Å². The third-order valence-corrected chi connectivity index (χ3v) is 12.5. The molecule has 4 nitrogen and oxygen atoms in total. The Kier molecular flexibility index (Phi) is 25.7. The van der Waals surface area contributed by atoms with E-state index in [2.05, 4.69) is 34.3 Å². The molecule has 0 heterocycles. The first kappa shape index (κ1) is 36.3. The Bertz CT molecular complexity index is 516. The highest BCUT2D eigenvalue weighted by atomic mass is 31.2. The van der Waals surface area contributed by atoms with Gasteiger partial charge in [-0.05, 0) is 41.0 Å². The summed E-state index contributed by atoms with van der Waals surface area (Å²) in [6.45, 7) is 15.7. The third kappa shape index (κ3) is 20.9. The molecule has 0 saturated heterocycles. The number of carbonyl (C=O) groups is 2. The van der Waals surface area contributed by atoms with Gasteiger partial charge >= 0.3 is 5.97 Å². The van der Waals surface area contributed by atoms with Crippen molar-refractivity contribution < 1.29 is 19.4 Å². The minimum absolute atomic E-state index is 0.138. The molecule has 5 heteroatoms. The molecule has 0 aromatic rings. The lowest BCUT2D eigenvalue weighted by atomic mass is 10.0. The van der Waals surface area contributed by atoms with Crippen molar-refractivity contribution in [1.29, 1.82) is 0 Å². The Hall–Kier alpha value is -0.890. The number of aliphatic carboxylic acids is 1. The summed E-state index contributed by atoms with van der Waals surface area (Å²) in [6, 6.07) is 0. The highest BCUT2D eigenvalue weighted by Gasteiger charge is 2.43.